The number of H-pyrrole nitrogens is 1. The summed E-state index contributed by atoms with van der Waals surface area (Å²) in [5.41, 5.74) is 2.14. The van der Waals surface area contributed by atoms with Crippen LogP contribution in [0, 0.1) is 11.3 Å². The maximum absolute atomic E-state index is 11.9. The SMILES string of the molecule is CN(Cc1cn[nH]c1)C(=O)Nc1ccc(C#N)cc1. The van der Waals surface area contributed by atoms with Crippen molar-refractivity contribution in [3.63, 3.8) is 0 Å². The smallest absolute Gasteiger partial charge is 0.321 e. The van der Waals surface area contributed by atoms with Crippen LogP contribution < -0.4 is 5.32 Å². The fraction of sp³-hybridized carbons (Fsp3) is 0.154. The predicted molar refractivity (Wildman–Crippen MR) is 70.2 cm³/mol. The quantitative estimate of drug-likeness (QED) is 0.879. The number of rotatable bonds is 3. The first-order valence-corrected chi connectivity index (χ1v) is 5.69. The highest BCUT2D eigenvalue weighted by molar-refractivity contribution is 5.89. The molecule has 2 aromatic rings. The van der Waals surface area contributed by atoms with Crippen molar-refractivity contribution in [3.05, 3.63) is 47.8 Å². The summed E-state index contributed by atoms with van der Waals surface area (Å²) in [7, 11) is 1.70. The van der Waals surface area contributed by atoms with Crippen LogP contribution in [0.2, 0.25) is 0 Å². The number of nitriles is 1. The fourth-order valence-corrected chi connectivity index (χ4v) is 1.56. The van der Waals surface area contributed by atoms with Gasteiger partial charge in [0.1, 0.15) is 0 Å². The molecule has 0 bridgehead atoms. The Morgan fingerprint density at radius 2 is 2.21 bits per heavy atom. The van der Waals surface area contributed by atoms with Crippen molar-refractivity contribution >= 4 is 11.7 Å². The summed E-state index contributed by atoms with van der Waals surface area (Å²) in [6.45, 7) is 0.471. The summed E-state index contributed by atoms with van der Waals surface area (Å²) >= 11 is 0. The normalized spacial score (nSPS) is 9.68. The van der Waals surface area contributed by atoms with Gasteiger partial charge in [-0.1, -0.05) is 0 Å². The van der Waals surface area contributed by atoms with Crippen molar-refractivity contribution < 1.29 is 4.79 Å². The highest BCUT2D eigenvalue weighted by Crippen LogP contribution is 2.10. The first kappa shape index (κ1) is 12.6. The third-order valence-electron chi connectivity index (χ3n) is 2.59. The van der Waals surface area contributed by atoms with Crippen molar-refractivity contribution in [2.45, 2.75) is 6.54 Å². The Balaban J connectivity index is 1.94. The molecule has 0 aliphatic rings. The lowest BCUT2D eigenvalue weighted by atomic mass is 10.2. The monoisotopic (exact) mass is 255 g/mol. The molecule has 0 atom stereocenters. The second-order valence-corrected chi connectivity index (χ2v) is 4.08. The number of aromatic amines is 1. The third kappa shape index (κ3) is 3.33. The van der Waals surface area contributed by atoms with Gasteiger partial charge in [0.2, 0.25) is 0 Å². The number of anilines is 1. The zero-order valence-electron chi connectivity index (χ0n) is 10.4. The van der Waals surface area contributed by atoms with Crippen molar-refractivity contribution in [1.82, 2.24) is 15.1 Å². The van der Waals surface area contributed by atoms with Crippen LogP contribution in [-0.4, -0.2) is 28.2 Å². The molecule has 0 aliphatic heterocycles. The maximum Gasteiger partial charge on any atom is 0.321 e. The zero-order chi connectivity index (χ0) is 13.7. The number of nitrogens with zero attached hydrogens (tertiary/aromatic N) is 3. The summed E-state index contributed by atoms with van der Waals surface area (Å²) in [5, 5.41) is 18.0. The van der Waals surface area contributed by atoms with Gasteiger partial charge in [0.15, 0.2) is 0 Å². The van der Waals surface area contributed by atoms with E-state index in [4.69, 9.17) is 5.26 Å². The van der Waals surface area contributed by atoms with Crippen LogP contribution in [0.15, 0.2) is 36.7 Å². The molecule has 6 heteroatoms. The van der Waals surface area contributed by atoms with Gasteiger partial charge in [0.05, 0.1) is 24.4 Å². The van der Waals surface area contributed by atoms with Crippen molar-refractivity contribution in [3.8, 4) is 6.07 Å². The van der Waals surface area contributed by atoms with Crippen molar-refractivity contribution in [2.75, 3.05) is 12.4 Å². The van der Waals surface area contributed by atoms with E-state index >= 15 is 0 Å². The molecule has 0 aliphatic carbocycles. The Labute approximate surface area is 110 Å². The van der Waals surface area contributed by atoms with E-state index in [1.54, 1.807) is 48.6 Å². The highest BCUT2D eigenvalue weighted by Gasteiger charge is 2.09. The second-order valence-electron chi connectivity index (χ2n) is 4.08. The zero-order valence-corrected chi connectivity index (χ0v) is 10.4. The van der Waals surface area contributed by atoms with Crippen LogP contribution in [0.25, 0.3) is 0 Å². The minimum atomic E-state index is -0.217. The number of nitrogens with one attached hydrogen (secondary N) is 2. The molecule has 1 aromatic carbocycles. The molecule has 0 saturated carbocycles. The maximum atomic E-state index is 11.9. The second kappa shape index (κ2) is 5.69. The molecule has 96 valence electrons. The van der Waals surface area contributed by atoms with Gasteiger partial charge in [0.25, 0.3) is 0 Å². The Kier molecular flexibility index (Phi) is 3.78. The number of benzene rings is 1. The van der Waals surface area contributed by atoms with Crippen LogP contribution in [0.5, 0.6) is 0 Å². The van der Waals surface area contributed by atoms with E-state index in [0.29, 0.717) is 17.8 Å². The van der Waals surface area contributed by atoms with Gasteiger partial charge in [-0.15, -0.1) is 0 Å². The number of carbonyl (C=O) groups excluding carboxylic acids is 1. The molecule has 2 N–H and O–H groups in total. The van der Waals surface area contributed by atoms with Gasteiger partial charge in [-0.2, -0.15) is 10.4 Å². The average molecular weight is 255 g/mol. The lowest BCUT2D eigenvalue weighted by Gasteiger charge is -2.17. The molecule has 19 heavy (non-hydrogen) atoms. The minimum absolute atomic E-state index is 0.217. The molecule has 0 unspecified atom stereocenters. The van der Waals surface area contributed by atoms with Crippen LogP contribution in [0.1, 0.15) is 11.1 Å². The largest absolute Gasteiger partial charge is 0.323 e. The number of hydrogen-bond donors (Lipinski definition) is 2. The van der Waals surface area contributed by atoms with E-state index in [-0.39, 0.29) is 6.03 Å². The molecule has 6 nitrogen and oxygen atoms in total. The first-order valence-electron chi connectivity index (χ1n) is 5.69. The summed E-state index contributed by atoms with van der Waals surface area (Å²) in [4.78, 5) is 13.5. The summed E-state index contributed by atoms with van der Waals surface area (Å²) in [6, 6.07) is 8.52. The molecule has 0 saturated heterocycles. The lowest BCUT2D eigenvalue weighted by Crippen LogP contribution is -2.30. The van der Waals surface area contributed by atoms with Crippen LogP contribution >= 0.6 is 0 Å². The summed E-state index contributed by atoms with van der Waals surface area (Å²) in [6.07, 6.45) is 3.41. The minimum Gasteiger partial charge on any atom is -0.323 e. The molecular formula is C13H13N5O. The number of hydrogen-bond acceptors (Lipinski definition) is 3. The lowest BCUT2D eigenvalue weighted by molar-refractivity contribution is 0.220. The number of aromatic nitrogens is 2. The van der Waals surface area contributed by atoms with E-state index in [2.05, 4.69) is 15.5 Å². The van der Waals surface area contributed by atoms with Crippen LogP contribution in [0.4, 0.5) is 10.5 Å². The van der Waals surface area contributed by atoms with E-state index in [1.165, 1.54) is 0 Å². The molecule has 1 heterocycles. The molecule has 0 spiro atoms. The molecule has 0 fully saturated rings. The Bertz CT molecular complexity index is 582. The summed E-state index contributed by atoms with van der Waals surface area (Å²) in [5.74, 6) is 0. The van der Waals surface area contributed by atoms with E-state index in [9.17, 15) is 4.79 Å². The molecule has 2 rings (SSSR count). The van der Waals surface area contributed by atoms with Gasteiger partial charge < -0.3 is 10.2 Å². The summed E-state index contributed by atoms with van der Waals surface area (Å²) < 4.78 is 0. The topological polar surface area (TPSA) is 84.8 Å². The molecule has 1 aromatic heterocycles. The number of carbonyl (C=O) groups is 1. The average Bonchev–Trinajstić information content (AvgIpc) is 2.92. The Hall–Kier alpha value is -2.81. The number of amides is 2. The Morgan fingerprint density at radius 1 is 1.47 bits per heavy atom. The van der Waals surface area contributed by atoms with Gasteiger partial charge in [-0.3, -0.25) is 5.10 Å². The molecular weight excluding hydrogens is 242 g/mol. The standard InChI is InChI=1S/C13H13N5O/c1-18(9-11-7-15-16-8-11)13(19)17-12-4-2-10(6-14)3-5-12/h2-5,7-8H,9H2,1H3,(H,15,16)(H,17,19). The highest BCUT2D eigenvalue weighted by atomic mass is 16.2. The fourth-order valence-electron chi connectivity index (χ4n) is 1.56. The van der Waals surface area contributed by atoms with Crippen LogP contribution in [0.3, 0.4) is 0 Å². The van der Waals surface area contributed by atoms with Gasteiger partial charge in [0, 0.05) is 24.5 Å². The molecule has 0 radical (unpaired) electrons. The van der Waals surface area contributed by atoms with E-state index in [1.807, 2.05) is 6.07 Å². The van der Waals surface area contributed by atoms with Crippen molar-refractivity contribution in [2.24, 2.45) is 0 Å². The van der Waals surface area contributed by atoms with Crippen LogP contribution in [-0.2, 0) is 6.54 Å². The van der Waals surface area contributed by atoms with Gasteiger partial charge in [-0.05, 0) is 24.3 Å². The van der Waals surface area contributed by atoms with Crippen molar-refractivity contribution in [1.29, 1.82) is 5.26 Å². The predicted octanol–water partition coefficient (Wildman–Crippen LogP) is 1.95. The van der Waals surface area contributed by atoms with E-state index < -0.39 is 0 Å². The number of urea groups is 1. The Morgan fingerprint density at radius 3 is 2.79 bits per heavy atom. The first-order chi connectivity index (χ1) is 9.19. The third-order valence-corrected chi connectivity index (χ3v) is 2.59. The van der Waals surface area contributed by atoms with Gasteiger partial charge >= 0.3 is 6.03 Å². The van der Waals surface area contributed by atoms with E-state index in [0.717, 1.165) is 5.56 Å². The molecule has 2 amide bonds. The van der Waals surface area contributed by atoms with Gasteiger partial charge in [-0.25, -0.2) is 4.79 Å².